The molecule has 40 heavy (non-hydrogen) atoms. The predicted octanol–water partition coefficient (Wildman–Crippen LogP) is 3.47. The van der Waals surface area contributed by atoms with Crippen LogP contribution in [-0.2, 0) is 17.6 Å². The zero-order valence-corrected chi connectivity index (χ0v) is 21.9. The maximum atomic E-state index is 14.6. The molecule has 0 unspecified atom stereocenters. The summed E-state index contributed by atoms with van der Waals surface area (Å²) in [6.45, 7) is 2.62. The number of phenolic OH excluding ortho intramolecular Hbond substituents is 1. The quantitative estimate of drug-likeness (QED) is 0.353. The van der Waals surface area contributed by atoms with Crippen LogP contribution >= 0.6 is 0 Å². The van der Waals surface area contributed by atoms with Crippen molar-refractivity contribution in [2.45, 2.75) is 38.1 Å². The van der Waals surface area contributed by atoms with Gasteiger partial charge >= 0.3 is 0 Å². The Labute approximate surface area is 229 Å². The number of H-pyrrole nitrogens is 1. The van der Waals surface area contributed by atoms with Crippen LogP contribution in [0.4, 0.5) is 27.4 Å². The van der Waals surface area contributed by atoms with Crippen molar-refractivity contribution >= 4 is 40.1 Å². The van der Waals surface area contributed by atoms with Crippen LogP contribution in [0.15, 0.2) is 36.5 Å². The molecule has 3 aliphatic heterocycles. The van der Waals surface area contributed by atoms with Gasteiger partial charge in [0.25, 0.3) is 0 Å². The van der Waals surface area contributed by atoms with Crippen LogP contribution in [0.1, 0.15) is 42.0 Å². The van der Waals surface area contributed by atoms with Gasteiger partial charge in [-0.2, -0.15) is 5.10 Å². The number of piperidine rings is 1. The summed E-state index contributed by atoms with van der Waals surface area (Å²) in [5.74, 6) is 1.42. The Bertz CT molecular complexity index is 1700. The number of benzene rings is 2. The minimum absolute atomic E-state index is 0.0108. The van der Waals surface area contributed by atoms with Crippen molar-refractivity contribution in [2.24, 2.45) is 11.1 Å². The number of aromatic hydroxyl groups is 1. The molecule has 0 saturated carbocycles. The number of nitrogens with one attached hydrogen (secondary N) is 1. The smallest absolute Gasteiger partial charge is 0.227 e. The third kappa shape index (κ3) is 3.30. The van der Waals surface area contributed by atoms with Gasteiger partial charge in [-0.25, -0.2) is 14.4 Å². The molecule has 2 aromatic carbocycles. The van der Waals surface area contributed by atoms with E-state index in [1.807, 2.05) is 17.0 Å². The lowest BCUT2D eigenvalue weighted by atomic mass is 9.73. The van der Waals surface area contributed by atoms with Gasteiger partial charge in [-0.15, -0.1) is 0 Å². The Morgan fingerprint density at radius 1 is 1.07 bits per heavy atom. The Morgan fingerprint density at radius 3 is 2.75 bits per heavy atom. The van der Waals surface area contributed by atoms with Crippen LogP contribution in [0.25, 0.3) is 11.2 Å². The van der Waals surface area contributed by atoms with E-state index in [1.54, 1.807) is 23.2 Å². The van der Waals surface area contributed by atoms with Gasteiger partial charge in [0.1, 0.15) is 17.4 Å². The molecule has 11 heteroatoms. The van der Waals surface area contributed by atoms with Crippen molar-refractivity contribution in [2.75, 3.05) is 40.9 Å². The van der Waals surface area contributed by atoms with Crippen molar-refractivity contribution in [3.05, 3.63) is 59.0 Å². The number of phenols is 1. The molecular weight excluding hydrogens is 511 g/mol. The van der Waals surface area contributed by atoms with E-state index in [-0.39, 0.29) is 28.9 Å². The largest absolute Gasteiger partial charge is 0.508 e. The summed E-state index contributed by atoms with van der Waals surface area (Å²) < 4.78 is 14.6. The summed E-state index contributed by atoms with van der Waals surface area (Å²) in [5.41, 5.74) is 12.2. The summed E-state index contributed by atoms with van der Waals surface area (Å²) in [6, 6.07) is 8.66. The molecule has 1 amide bonds. The highest BCUT2D eigenvalue weighted by molar-refractivity contribution is 6.03. The molecule has 4 N–H and O–H groups in total. The first-order valence-electron chi connectivity index (χ1n) is 13.8. The summed E-state index contributed by atoms with van der Waals surface area (Å²) >= 11 is 0. The average Bonchev–Trinajstić information content (AvgIpc) is 3.50. The van der Waals surface area contributed by atoms with Crippen molar-refractivity contribution in [1.82, 2.24) is 20.2 Å². The minimum Gasteiger partial charge on any atom is -0.508 e. The molecule has 4 aliphatic rings. The molecule has 1 saturated heterocycles. The predicted molar refractivity (Wildman–Crippen MR) is 148 cm³/mol. The lowest BCUT2D eigenvalue weighted by Gasteiger charge is -2.42. The van der Waals surface area contributed by atoms with E-state index >= 15 is 0 Å². The molecule has 0 radical (unpaired) electrons. The number of hydrogen-bond donors (Lipinski definition) is 3. The van der Waals surface area contributed by atoms with Gasteiger partial charge in [-0.05, 0) is 66.5 Å². The van der Waals surface area contributed by atoms with Crippen molar-refractivity contribution in [3.63, 3.8) is 0 Å². The van der Waals surface area contributed by atoms with Gasteiger partial charge in [-0.3, -0.25) is 9.89 Å². The van der Waals surface area contributed by atoms with Crippen molar-refractivity contribution in [3.8, 4) is 5.75 Å². The standard InChI is InChI=1S/C29H29FN8O2/c30-20-4-5-21-25-18(20)3-6-23(40)38(25)12-11-37(21)28-24-27(34-35-28)33-22(15-32-24)36-9-7-29(8-10-36)14-16-1-2-17(39)13-19(16)26(29)31/h1-2,4-5,13,15,26,39H,3,6-12,14,31H2,(H,33,34,35)/t26-/m1/s1. The number of nitrogens with zero attached hydrogens (tertiary/aromatic N) is 6. The van der Waals surface area contributed by atoms with Gasteiger partial charge < -0.3 is 25.5 Å². The van der Waals surface area contributed by atoms with E-state index < -0.39 is 0 Å². The van der Waals surface area contributed by atoms with Gasteiger partial charge in [-0.1, -0.05) is 6.07 Å². The van der Waals surface area contributed by atoms with Crippen LogP contribution in [0.2, 0.25) is 0 Å². The molecule has 2 aromatic heterocycles. The molecule has 1 atom stereocenters. The van der Waals surface area contributed by atoms with Gasteiger partial charge in [0.05, 0.1) is 17.6 Å². The highest BCUT2D eigenvalue weighted by Crippen LogP contribution is 2.51. The summed E-state index contributed by atoms with van der Waals surface area (Å²) in [4.78, 5) is 28.2. The molecular formula is C29H29FN8O2. The minimum atomic E-state index is -0.279. The first kappa shape index (κ1) is 23.6. The fraction of sp³-hybridized carbons (Fsp3) is 0.379. The number of carbonyl (C=O) groups excluding carboxylic acids is 1. The van der Waals surface area contributed by atoms with Crippen molar-refractivity contribution < 1.29 is 14.3 Å². The van der Waals surface area contributed by atoms with Crippen LogP contribution in [0.5, 0.6) is 5.75 Å². The van der Waals surface area contributed by atoms with Gasteiger partial charge in [0.2, 0.25) is 5.91 Å². The zero-order chi connectivity index (χ0) is 27.2. The van der Waals surface area contributed by atoms with E-state index in [0.717, 1.165) is 49.4 Å². The Hall–Kier alpha value is -4.25. The number of rotatable bonds is 2. The number of anilines is 4. The molecule has 1 spiro atoms. The third-order valence-electron chi connectivity index (χ3n) is 9.45. The molecule has 0 bridgehead atoms. The highest BCUT2D eigenvalue weighted by atomic mass is 19.1. The summed E-state index contributed by atoms with van der Waals surface area (Å²) in [6.07, 6.45) is 5.30. The number of halogens is 1. The number of amides is 1. The van der Waals surface area contributed by atoms with E-state index in [1.165, 1.54) is 11.6 Å². The SMILES string of the molecule is N[C@@H]1c2cc(O)ccc2CC12CCN(c1cnc3c(N4CCN5C(=O)CCc6c(F)ccc4c65)n[nH]c3n1)CC2. The number of carbonyl (C=O) groups is 1. The van der Waals surface area contributed by atoms with Crippen LogP contribution in [0.3, 0.4) is 0 Å². The van der Waals surface area contributed by atoms with Gasteiger partial charge in [0.15, 0.2) is 17.0 Å². The second-order valence-electron chi connectivity index (χ2n) is 11.5. The van der Waals surface area contributed by atoms with Gasteiger partial charge in [0, 0.05) is 44.2 Å². The second kappa shape index (κ2) is 8.37. The number of fused-ring (bicyclic) bond motifs is 2. The lowest BCUT2D eigenvalue weighted by molar-refractivity contribution is -0.118. The molecule has 5 heterocycles. The van der Waals surface area contributed by atoms with Crippen LogP contribution < -0.4 is 20.4 Å². The Balaban J connectivity index is 1.06. The number of aromatic nitrogens is 4. The third-order valence-corrected chi connectivity index (χ3v) is 9.45. The van der Waals surface area contributed by atoms with E-state index in [0.29, 0.717) is 54.2 Å². The fourth-order valence-electron chi connectivity index (χ4n) is 7.27. The van der Waals surface area contributed by atoms with Crippen LogP contribution in [0, 0.1) is 11.2 Å². The molecule has 204 valence electrons. The van der Waals surface area contributed by atoms with E-state index in [9.17, 15) is 14.3 Å². The topological polar surface area (TPSA) is 128 Å². The first-order chi connectivity index (χ1) is 19.4. The number of hydrogen-bond acceptors (Lipinski definition) is 8. The summed E-state index contributed by atoms with van der Waals surface area (Å²) in [7, 11) is 0. The first-order valence-corrected chi connectivity index (χ1v) is 13.8. The molecule has 1 aliphatic carbocycles. The second-order valence-corrected chi connectivity index (χ2v) is 11.5. The molecule has 10 nitrogen and oxygen atoms in total. The van der Waals surface area contributed by atoms with Crippen LogP contribution in [-0.4, -0.2) is 57.4 Å². The summed E-state index contributed by atoms with van der Waals surface area (Å²) in [5, 5.41) is 17.6. The molecule has 8 rings (SSSR count). The van der Waals surface area contributed by atoms with E-state index in [2.05, 4.69) is 15.1 Å². The highest BCUT2D eigenvalue weighted by Gasteiger charge is 2.46. The number of nitrogens with two attached hydrogens (primary N) is 1. The fourth-order valence-corrected chi connectivity index (χ4v) is 7.27. The Morgan fingerprint density at radius 2 is 1.90 bits per heavy atom. The normalized spacial score (nSPS) is 21.3. The molecule has 4 aromatic rings. The van der Waals surface area contributed by atoms with E-state index in [4.69, 9.17) is 15.7 Å². The maximum absolute atomic E-state index is 14.6. The zero-order valence-electron chi connectivity index (χ0n) is 21.9. The lowest BCUT2D eigenvalue weighted by Crippen LogP contribution is -2.45. The number of aromatic amines is 1. The molecule has 1 fully saturated rings. The monoisotopic (exact) mass is 540 g/mol. The Kier molecular flexibility index (Phi) is 4.95. The average molecular weight is 541 g/mol. The van der Waals surface area contributed by atoms with Crippen molar-refractivity contribution in [1.29, 1.82) is 0 Å². The maximum Gasteiger partial charge on any atom is 0.227 e.